The quantitative estimate of drug-likeness (QED) is 0.801. The number of aromatic nitrogens is 1. The monoisotopic (exact) mass is 345 g/mol. The predicted molar refractivity (Wildman–Crippen MR) is 88.8 cm³/mol. The normalized spacial score (nSPS) is 10.2. The number of hydrogen-bond acceptors (Lipinski definition) is 2. The third-order valence-electron chi connectivity index (χ3n) is 2.44. The third kappa shape index (κ3) is 4.21. The molecule has 3 nitrogen and oxygen atoms in total. The molecule has 0 saturated carbocycles. The lowest BCUT2D eigenvalue weighted by molar-refractivity contribution is 0.925. The van der Waals surface area contributed by atoms with E-state index < -0.39 is 0 Å². The van der Waals surface area contributed by atoms with Gasteiger partial charge in [0.1, 0.15) is 0 Å². The van der Waals surface area contributed by atoms with Gasteiger partial charge in [-0.3, -0.25) is 0 Å². The number of pyridine rings is 1. The fraction of sp³-hybridized carbons (Fsp3) is 0.0769. The van der Waals surface area contributed by atoms with Crippen LogP contribution in [0.15, 0.2) is 36.5 Å². The Kier molecular flexibility index (Phi) is 5.43. The molecule has 2 aromatic rings. The SMILES string of the molecule is S=C(NCc1ccccc1Cl)Nc1ncc(Cl)cc1Cl. The van der Waals surface area contributed by atoms with Crippen LogP contribution in [0.25, 0.3) is 0 Å². The van der Waals surface area contributed by atoms with Crippen molar-refractivity contribution in [3.8, 4) is 0 Å². The molecule has 7 heteroatoms. The molecule has 0 aliphatic rings. The summed E-state index contributed by atoms with van der Waals surface area (Å²) in [5.74, 6) is 0.452. The van der Waals surface area contributed by atoms with E-state index in [-0.39, 0.29) is 0 Å². The van der Waals surface area contributed by atoms with Gasteiger partial charge in [-0.2, -0.15) is 0 Å². The molecule has 1 heterocycles. The van der Waals surface area contributed by atoms with Gasteiger partial charge in [0.05, 0.1) is 10.0 Å². The van der Waals surface area contributed by atoms with E-state index in [0.29, 0.717) is 32.5 Å². The van der Waals surface area contributed by atoms with Crippen LogP contribution in [0.3, 0.4) is 0 Å². The van der Waals surface area contributed by atoms with Crippen molar-refractivity contribution in [2.45, 2.75) is 6.54 Å². The fourth-order valence-electron chi connectivity index (χ4n) is 1.48. The fourth-order valence-corrected chi connectivity index (χ4v) is 2.27. The molecule has 1 aromatic carbocycles. The Labute approximate surface area is 137 Å². The molecule has 104 valence electrons. The third-order valence-corrected chi connectivity index (χ3v) is 3.55. The maximum atomic E-state index is 6.06. The van der Waals surface area contributed by atoms with Gasteiger partial charge in [0.25, 0.3) is 0 Å². The van der Waals surface area contributed by atoms with Crippen molar-refractivity contribution >= 4 is 58.0 Å². The van der Waals surface area contributed by atoms with E-state index in [0.717, 1.165) is 5.56 Å². The molecule has 0 spiro atoms. The average Bonchev–Trinajstić information content (AvgIpc) is 2.41. The minimum Gasteiger partial charge on any atom is -0.358 e. The van der Waals surface area contributed by atoms with Crippen LogP contribution in [0.5, 0.6) is 0 Å². The van der Waals surface area contributed by atoms with Crippen LogP contribution in [0.1, 0.15) is 5.56 Å². The Morgan fingerprint density at radius 3 is 2.60 bits per heavy atom. The van der Waals surface area contributed by atoms with Crippen molar-refractivity contribution < 1.29 is 0 Å². The lowest BCUT2D eigenvalue weighted by Gasteiger charge is -2.11. The summed E-state index contributed by atoms with van der Waals surface area (Å²) in [5.41, 5.74) is 0.952. The average molecular weight is 347 g/mol. The van der Waals surface area contributed by atoms with Crippen LogP contribution < -0.4 is 10.6 Å². The molecule has 0 bridgehead atoms. The lowest BCUT2D eigenvalue weighted by atomic mass is 10.2. The number of anilines is 1. The second-order valence-corrected chi connectivity index (χ2v) is 5.54. The minimum absolute atomic E-state index is 0.402. The summed E-state index contributed by atoms with van der Waals surface area (Å²) in [7, 11) is 0. The van der Waals surface area contributed by atoms with Crippen LogP contribution in [0.4, 0.5) is 5.82 Å². The zero-order chi connectivity index (χ0) is 14.5. The summed E-state index contributed by atoms with van der Waals surface area (Å²) in [6, 6.07) is 9.13. The number of benzene rings is 1. The first-order valence-corrected chi connectivity index (χ1v) is 7.20. The van der Waals surface area contributed by atoms with E-state index in [1.54, 1.807) is 6.07 Å². The number of nitrogens with zero attached hydrogens (tertiary/aromatic N) is 1. The minimum atomic E-state index is 0.402. The van der Waals surface area contributed by atoms with Gasteiger partial charge in [0.15, 0.2) is 10.9 Å². The first-order chi connectivity index (χ1) is 9.56. The predicted octanol–water partition coefficient (Wildman–Crippen LogP) is 4.53. The number of thiocarbonyl (C=S) groups is 1. The van der Waals surface area contributed by atoms with E-state index in [4.69, 9.17) is 47.0 Å². The lowest BCUT2D eigenvalue weighted by Crippen LogP contribution is -2.28. The van der Waals surface area contributed by atoms with Crippen LogP contribution in [-0.4, -0.2) is 10.1 Å². The van der Waals surface area contributed by atoms with E-state index in [2.05, 4.69) is 15.6 Å². The topological polar surface area (TPSA) is 37.0 Å². The molecule has 1 aromatic heterocycles. The van der Waals surface area contributed by atoms with Gasteiger partial charge < -0.3 is 10.6 Å². The van der Waals surface area contributed by atoms with Crippen molar-refractivity contribution in [3.63, 3.8) is 0 Å². The first-order valence-electron chi connectivity index (χ1n) is 5.65. The van der Waals surface area contributed by atoms with Crippen molar-refractivity contribution in [3.05, 3.63) is 57.2 Å². The largest absolute Gasteiger partial charge is 0.358 e. The second-order valence-electron chi connectivity index (χ2n) is 3.88. The molecular formula is C13H10Cl3N3S. The Balaban J connectivity index is 1.94. The summed E-state index contributed by atoms with van der Waals surface area (Å²) >= 11 is 23.0. The molecule has 20 heavy (non-hydrogen) atoms. The molecule has 0 saturated heterocycles. The summed E-state index contributed by atoms with van der Waals surface area (Å²) in [6.07, 6.45) is 1.49. The van der Waals surface area contributed by atoms with E-state index in [1.807, 2.05) is 24.3 Å². The Morgan fingerprint density at radius 1 is 1.15 bits per heavy atom. The van der Waals surface area contributed by atoms with Crippen molar-refractivity contribution in [2.24, 2.45) is 0 Å². The summed E-state index contributed by atoms with van der Waals surface area (Å²) in [5, 5.41) is 7.90. The van der Waals surface area contributed by atoms with Crippen LogP contribution in [0, 0.1) is 0 Å². The maximum absolute atomic E-state index is 6.06. The molecular weight excluding hydrogens is 337 g/mol. The van der Waals surface area contributed by atoms with E-state index in [9.17, 15) is 0 Å². The van der Waals surface area contributed by atoms with Gasteiger partial charge in [0, 0.05) is 17.8 Å². The highest BCUT2D eigenvalue weighted by molar-refractivity contribution is 7.80. The molecule has 0 aliphatic heterocycles. The van der Waals surface area contributed by atoms with E-state index in [1.165, 1.54) is 6.20 Å². The van der Waals surface area contributed by atoms with Gasteiger partial charge in [-0.1, -0.05) is 53.0 Å². The van der Waals surface area contributed by atoms with Crippen LogP contribution in [0.2, 0.25) is 15.1 Å². The smallest absolute Gasteiger partial charge is 0.172 e. The molecule has 2 N–H and O–H groups in total. The van der Waals surface area contributed by atoms with E-state index >= 15 is 0 Å². The number of halogens is 3. The van der Waals surface area contributed by atoms with Crippen molar-refractivity contribution in [1.82, 2.24) is 10.3 Å². The number of nitrogens with one attached hydrogen (secondary N) is 2. The van der Waals surface area contributed by atoms with Crippen LogP contribution in [-0.2, 0) is 6.54 Å². The molecule has 0 amide bonds. The maximum Gasteiger partial charge on any atom is 0.172 e. The van der Waals surface area contributed by atoms with Gasteiger partial charge in [-0.25, -0.2) is 4.98 Å². The molecule has 0 atom stereocenters. The van der Waals surface area contributed by atoms with Crippen molar-refractivity contribution in [2.75, 3.05) is 5.32 Å². The Morgan fingerprint density at radius 2 is 1.90 bits per heavy atom. The highest BCUT2D eigenvalue weighted by Gasteiger charge is 2.05. The Hall–Kier alpha value is -1.07. The number of rotatable bonds is 3. The zero-order valence-corrected chi connectivity index (χ0v) is 13.2. The summed E-state index contributed by atoms with van der Waals surface area (Å²) in [4.78, 5) is 4.06. The molecule has 0 radical (unpaired) electrons. The molecule has 0 aliphatic carbocycles. The molecule has 2 rings (SSSR count). The summed E-state index contributed by atoms with van der Waals surface area (Å²) < 4.78 is 0. The van der Waals surface area contributed by atoms with Gasteiger partial charge in [-0.05, 0) is 29.9 Å². The van der Waals surface area contributed by atoms with Gasteiger partial charge in [0.2, 0.25) is 0 Å². The molecule has 0 unspecified atom stereocenters. The molecule has 0 fully saturated rings. The number of hydrogen-bond donors (Lipinski definition) is 2. The van der Waals surface area contributed by atoms with Gasteiger partial charge >= 0.3 is 0 Å². The first kappa shape index (κ1) is 15.3. The van der Waals surface area contributed by atoms with Crippen LogP contribution >= 0.6 is 47.0 Å². The second kappa shape index (κ2) is 7.09. The van der Waals surface area contributed by atoms with Crippen molar-refractivity contribution in [1.29, 1.82) is 0 Å². The highest BCUT2D eigenvalue weighted by Crippen LogP contribution is 2.22. The highest BCUT2D eigenvalue weighted by atomic mass is 35.5. The Bertz CT molecular complexity index is 634. The zero-order valence-electron chi connectivity index (χ0n) is 10.2. The standard InChI is InChI=1S/C13H10Cl3N3S/c14-9-5-11(16)12(17-7-9)19-13(20)18-6-8-3-1-2-4-10(8)15/h1-5,7H,6H2,(H2,17,18,19,20). The summed E-state index contributed by atoms with van der Waals surface area (Å²) in [6.45, 7) is 0.511. The van der Waals surface area contributed by atoms with Gasteiger partial charge in [-0.15, -0.1) is 0 Å².